The molecule has 1 atom stereocenters. The smallest absolute Gasteiger partial charge is 0.223 e. The van der Waals surface area contributed by atoms with E-state index >= 15 is 0 Å². The Morgan fingerprint density at radius 2 is 2.25 bits per heavy atom. The van der Waals surface area contributed by atoms with E-state index in [1.54, 1.807) is 11.3 Å². The van der Waals surface area contributed by atoms with Crippen molar-refractivity contribution in [2.24, 2.45) is 0 Å². The first-order valence-corrected chi connectivity index (χ1v) is 9.12. The molecule has 5 nitrogen and oxygen atoms in total. The number of carbonyl (C=O) groups is 1. The quantitative estimate of drug-likeness (QED) is 0.873. The first kappa shape index (κ1) is 17.1. The molecule has 3 rings (SSSR count). The van der Waals surface area contributed by atoms with Crippen LogP contribution in [0.25, 0.3) is 0 Å². The predicted octanol–water partition coefficient (Wildman–Crippen LogP) is 2.36. The molecule has 1 fully saturated rings. The van der Waals surface area contributed by atoms with Crippen molar-refractivity contribution in [2.45, 2.75) is 32.5 Å². The summed E-state index contributed by atoms with van der Waals surface area (Å²) < 4.78 is 5.76. The molecular weight excluding hydrogens is 322 g/mol. The second-order valence-corrected chi connectivity index (χ2v) is 7.02. The summed E-state index contributed by atoms with van der Waals surface area (Å²) in [7, 11) is 0. The summed E-state index contributed by atoms with van der Waals surface area (Å²) in [6.07, 6.45) is 0.357. The number of rotatable bonds is 6. The number of amides is 1. The zero-order valence-corrected chi connectivity index (χ0v) is 14.7. The lowest BCUT2D eigenvalue weighted by Crippen LogP contribution is -2.44. The van der Waals surface area contributed by atoms with Crippen LogP contribution in [0.3, 0.4) is 0 Å². The number of thiazole rings is 1. The molecule has 1 N–H and O–H groups in total. The molecule has 0 unspecified atom stereocenters. The maximum absolute atomic E-state index is 12.1. The van der Waals surface area contributed by atoms with Crippen molar-refractivity contribution in [3.05, 3.63) is 52.0 Å². The van der Waals surface area contributed by atoms with Crippen LogP contribution in [0.15, 0.2) is 35.7 Å². The molecule has 2 aromatic rings. The molecule has 1 aromatic carbocycles. The van der Waals surface area contributed by atoms with Gasteiger partial charge in [0, 0.05) is 30.7 Å². The van der Waals surface area contributed by atoms with E-state index in [9.17, 15) is 4.79 Å². The van der Waals surface area contributed by atoms with E-state index in [0.29, 0.717) is 19.6 Å². The van der Waals surface area contributed by atoms with Crippen molar-refractivity contribution in [2.75, 3.05) is 19.7 Å². The first-order chi connectivity index (χ1) is 11.7. The van der Waals surface area contributed by atoms with E-state index in [4.69, 9.17) is 4.74 Å². The largest absolute Gasteiger partial charge is 0.375 e. The number of nitrogens with one attached hydrogen (secondary N) is 1. The minimum absolute atomic E-state index is 0.0226. The van der Waals surface area contributed by atoms with Crippen molar-refractivity contribution in [3.8, 4) is 0 Å². The van der Waals surface area contributed by atoms with Gasteiger partial charge in [0.25, 0.3) is 0 Å². The molecular formula is C18H23N3O2S. The Morgan fingerprint density at radius 3 is 3.00 bits per heavy atom. The summed E-state index contributed by atoms with van der Waals surface area (Å²) in [6, 6.07) is 10.4. The number of morpholine rings is 1. The molecule has 1 aliphatic rings. The lowest BCUT2D eigenvalue weighted by Gasteiger charge is -2.32. The van der Waals surface area contributed by atoms with E-state index in [0.717, 1.165) is 30.3 Å². The lowest BCUT2D eigenvalue weighted by atomic mass is 10.1. The summed E-state index contributed by atoms with van der Waals surface area (Å²) >= 11 is 1.57. The van der Waals surface area contributed by atoms with Crippen LogP contribution in [-0.4, -0.2) is 41.6 Å². The maximum atomic E-state index is 12.1. The Bertz CT molecular complexity index is 659. The molecule has 6 heteroatoms. The minimum Gasteiger partial charge on any atom is -0.375 e. The molecule has 0 bridgehead atoms. The van der Waals surface area contributed by atoms with Crippen molar-refractivity contribution in [3.63, 3.8) is 0 Å². The Hall–Kier alpha value is -1.76. The summed E-state index contributed by atoms with van der Waals surface area (Å²) in [5, 5.41) is 5.87. The molecule has 0 radical (unpaired) electrons. The van der Waals surface area contributed by atoms with Gasteiger partial charge in [-0.2, -0.15) is 0 Å². The Morgan fingerprint density at radius 1 is 1.42 bits per heavy atom. The number of nitrogens with zero attached hydrogens (tertiary/aromatic N) is 2. The highest BCUT2D eigenvalue weighted by atomic mass is 32.1. The number of ether oxygens (including phenoxy) is 1. The van der Waals surface area contributed by atoms with Gasteiger partial charge in [0.05, 0.1) is 25.7 Å². The molecule has 1 amide bonds. The van der Waals surface area contributed by atoms with Gasteiger partial charge in [-0.15, -0.1) is 11.3 Å². The van der Waals surface area contributed by atoms with Gasteiger partial charge in [-0.05, 0) is 12.5 Å². The van der Waals surface area contributed by atoms with Crippen molar-refractivity contribution in [1.82, 2.24) is 15.2 Å². The topological polar surface area (TPSA) is 54.5 Å². The van der Waals surface area contributed by atoms with Gasteiger partial charge in [-0.1, -0.05) is 30.3 Å². The van der Waals surface area contributed by atoms with Gasteiger partial charge in [-0.25, -0.2) is 4.98 Å². The summed E-state index contributed by atoms with van der Waals surface area (Å²) in [5.41, 5.74) is 2.29. The van der Waals surface area contributed by atoms with Gasteiger partial charge in [0.1, 0.15) is 5.01 Å². The lowest BCUT2D eigenvalue weighted by molar-refractivity contribution is -0.126. The molecule has 24 heavy (non-hydrogen) atoms. The minimum atomic E-state index is -0.0412. The van der Waals surface area contributed by atoms with Gasteiger partial charge >= 0.3 is 0 Å². The fraction of sp³-hybridized carbons (Fsp3) is 0.444. The standard InChI is InChI=1S/C18H23N3O2S/c1-14-13-24-18(20-14)10-19-17(22)9-16-12-21(7-8-23-16)11-15-5-3-2-4-6-15/h2-6,13,16H,7-12H2,1H3,(H,19,22)/t16-/m1/s1. The predicted molar refractivity (Wildman–Crippen MR) is 94.8 cm³/mol. The van der Waals surface area contributed by atoms with Crippen molar-refractivity contribution >= 4 is 17.2 Å². The highest BCUT2D eigenvalue weighted by molar-refractivity contribution is 7.09. The molecule has 1 saturated heterocycles. The highest BCUT2D eigenvalue weighted by Crippen LogP contribution is 2.13. The second-order valence-electron chi connectivity index (χ2n) is 6.08. The van der Waals surface area contributed by atoms with Gasteiger partial charge in [0.15, 0.2) is 0 Å². The van der Waals surface area contributed by atoms with Crippen molar-refractivity contribution in [1.29, 1.82) is 0 Å². The monoisotopic (exact) mass is 345 g/mol. The number of carbonyl (C=O) groups excluding carboxylic acids is 1. The number of aryl methyl sites for hydroxylation is 1. The Labute approximate surface area is 146 Å². The maximum Gasteiger partial charge on any atom is 0.223 e. The van der Waals surface area contributed by atoms with E-state index in [-0.39, 0.29) is 12.0 Å². The summed E-state index contributed by atoms with van der Waals surface area (Å²) in [4.78, 5) is 18.8. The molecule has 1 aromatic heterocycles. The SMILES string of the molecule is Cc1csc(CNC(=O)C[C@@H]2CN(Cc3ccccc3)CCO2)n1. The van der Waals surface area contributed by atoms with E-state index in [1.807, 2.05) is 18.4 Å². The molecule has 0 spiro atoms. The average molecular weight is 345 g/mol. The second kappa shape index (κ2) is 8.37. The summed E-state index contributed by atoms with van der Waals surface area (Å²) in [5.74, 6) is 0.0226. The Balaban J connectivity index is 1.43. The normalized spacial score (nSPS) is 18.5. The highest BCUT2D eigenvalue weighted by Gasteiger charge is 2.22. The third kappa shape index (κ3) is 5.12. The molecule has 128 valence electrons. The van der Waals surface area contributed by atoms with Crippen molar-refractivity contribution < 1.29 is 9.53 Å². The Kier molecular flexibility index (Phi) is 5.96. The van der Waals surface area contributed by atoms with Crippen LogP contribution in [-0.2, 0) is 22.6 Å². The summed E-state index contributed by atoms with van der Waals surface area (Å²) in [6.45, 7) is 5.73. The molecule has 0 aliphatic carbocycles. The number of benzene rings is 1. The zero-order chi connectivity index (χ0) is 16.8. The zero-order valence-electron chi connectivity index (χ0n) is 13.9. The number of hydrogen-bond donors (Lipinski definition) is 1. The number of hydrogen-bond acceptors (Lipinski definition) is 5. The average Bonchev–Trinajstić information content (AvgIpc) is 3.00. The molecule has 0 saturated carbocycles. The molecule has 2 heterocycles. The van der Waals surface area contributed by atoms with E-state index < -0.39 is 0 Å². The fourth-order valence-electron chi connectivity index (χ4n) is 2.83. The van der Waals surface area contributed by atoms with Gasteiger partial charge in [0.2, 0.25) is 5.91 Å². The van der Waals surface area contributed by atoms with Crippen LogP contribution in [0.4, 0.5) is 0 Å². The third-order valence-electron chi connectivity index (χ3n) is 3.99. The van der Waals surface area contributed by atoms with E-state index in [1.165, 1.54) is 5.56 Å². The van der Waals surface area contributed by atoms with Crippen LogP contribution in [0.2, 0.25) is 0 Å². The van der Waals surface area contributed by atoms with Crippen LogP contribution in [0, 0.1) is 6.92 Å². The molecule has 1 aliphatic heterocycles. The van der Waals surface area contributed by atoms with Crippen LogP contribution in [0.5, 0.6) is 0 Å². The van der Waals surface area contributed by atoms with Crippen LogP contribution < -0.4 is 5.32 Å². The van der Waals surface area contributed by atoms with Gasteiger partial charge < -0.3 is 10.1 Å². The van der Waals surface area contributed by atoms with Crippen LogP contribution >= 0.6 is 11.3 Å². The van der Waals surface area contributed by atoms with Gasteiger partial charge in [-0.3, -0.25) is 9.69 Å². The number of aromatic nitrogens is 1. The third-order valence-corrected chi connectivity index (χ3v) is 4.95. The van der Waals surface area contributed by atoms with E-state index in [2.05, 4.69) is 39.5 Å². The van der Waals surface area contributed by atoms with Crippen LogP contribution in [0.1, 0.15) is 22.7 Å². The first-order valence-electron chi connectivity index (χ1n) is 8.24. The fourth-order valence-corrected chi connectivity index (χ4v) is 3.54.